The molecule has 18 heavy (non-hydrogen) atoms. The summed E-state index contributed by atoms with van der Waals surface area (Å²) in [5.41, 5.74) is 2.43. The lowest BCUT2D eigenvalue weighted by Crippen LogP contribution is -2.38. The fourth-order valence-corrected chi connectivity index (χ4v) is 1.95. The van der Waals surface area contributed by atoms with Gasteiger partial charge in [0.2, 0.25) is 0 Å². The summed E-state index contributed by atoms with van der Waals surface area (Å²) in [5.74, 6) is 0.747. The molecule has 1 aliphatic carbocycles. The average molecular weight is 247 g/mol. The Bertz CT molecular complexity index is 417. The summed E-state index contributed by atoms with van der Waals surface area (Å²) in [6.45, 7) is 0. The van der Waals surface area contributed by atoms with Crippen LogP contribution >= 0.6 is 0 Å². The quantitative estimate of drug-likeness (QED) is 0.634. The van der Waals surface area contributed by atoms with E-state index in [9.17, 15) is 4.79 Å². The van der Waals surface area contributed by atoms with Crippen molar-refractivity contribution >= 4 is 18.3 Å². The maximum atomic E-state index is 11.4. The van der Waals surface area contributed by atoms with E-state index in [1.165, 1.54) is 19.1 Å². The van der Waals surface area contributed by atoms with Gasteiger partial charge in [-0.2, -0.15) is 5.10 Å². The highest BCUT2D eigenvalue weighted by Gasteiger charge is 2.16. The molecule has 1 heterocycles. The average Bonchev–Trinajstić information content (AvgIpc) is 3.01. The second-order valence-corrected chi connectivity index (χ2v) is 4.22. The number of hydrazone groups is 1. The lowest BCUT2D eigenvalue weighted by molar-refractivity contribution is 0.237. The second kappa shape index (κ2) is 6.64. The molecule has 5 nitrogen and oxygen atoms in total. The minimum absolute atomic E-state index is 0.246. The first-order chi connectivity index (χ1) is 8.84. The number of nitrogens with zero attached hydrogens (tertiary/aromatic N) is 1. The molecule has 1 aromatic heterocycles. The van der Waals surface area contributed by atoms with Crippen LogP contribution in [0.15, 0.2) is 34.0 Å². The topological polar surface area (TPSA) is 66.6 Å². The zero-order valence-electron chi connectivity index (χ0n) is 10.1. The summed E-state index contributed by atoms with van der Waals surface area (Å²) in [6, 6.07) is 3.71. The third kappa shape index (κ3) is 4.08. The van der Waals surface area contributed by atoms with Gasteiger partial charge in [0.1, 0.15) is 5.76 Å². The van der Waals surface area contributed by atoms with Gasteiger partial charge in [0.25, 0.3) is 0 Å². The molecule has 0 saturated heterocycles. The van der Waals surface area contributed by atoms with Crippen molar-refractivity contribution in [3.63, 3.8) is 0 Å². The molecule has 2 amide bonds. The number of urea groups is 1. The van der Waals surface area contributed by atoms with Crippen LogP contribution in [0.2, 0.25) is 0 Å². The molecular weight excluding hydrogens is 230 g/mol. The highest BCUT2D eigenvalue weighted by molar-refractivity contribution is 5.80. The molecule has 0 spiro atoms. The molecule has 96 valence electrons. The number of hydrogen-bond donors (Lipinski definition) is 2. The van der Waals surface area contributed by atoms with Crippen molar-refractivity contribution in [1.82, 2.24) is 10.7 Å². The molecule has 2 rings (SSSR count). The van der Waals surface area contributed by atoms with Gasteiger partial charge in [-0.15, -0.1) is 0 Å². The predicted molar refractivity (Wildman–Crippen MR) is 70.2 cm³/mol. The van der Waals surface area contributed by atoms with Crippen molar-refractivity contribution in [3.8, 4) is 0 Å². The fourth-order valence-electron chi connectivity index (χ4n) is 1.95. The lowest BCUT2D eigenvalue weighted by Gasteiger charge is -2.10. The fraction of sp³-hybridized carbons (Fsp3) is 0.385. The Labute approximate surface area is 106 Å². The van der Waals surface area contributed by atoms with Crippen molar-refractivity contribution < 1.29 is 9.21 Å². The number of allylic oxidation sites excluding steroid dienone is 1. The van der Waals surface area contributed by atoms with Crippen LogP contribution in [0.5, 0.6) is 0 Å². The van der Waals surface area contributed by atoms with E-state index in [0.717, 1.165) is 18.6 Å². The highest BCUT2D eigenvalue weighted by atomic mass is 16.3. The van der Waals surface area contributed by atoms with E-state index in [0.29, 0.717) is 6.04 Å². The van der Waals surface area contributed by atoms with Gasteiger partial charge < -0.3 is 9.73 Å². The Balaban J connectivity index is 1.65. The standard InChI is InChI=1S/C13H17N3O2/c17-13(15-11-5-1-2-6-11)16-14-9-3-7-12-8-4-10-18-12/h3-4,7-11H,1-2,5-6H2,(H2,15,16,17)/b7-3+,14-9?. The SMILES string of the molecule is O=C(NN=C/C=C/c1ccco1)NC1CCCC1. The number of furan rings is 1. The molecule has 0 bridgehead atoms. The van der Waals surface area contributed by atoms with Crippen LogP contribution in [0.25, 0.3) is 6.08 Å². The van der Waals surface area contributed by atoms with Crippen LogP contribution in [0.1, 0.15) is 31.4 Å². The number of nitrogens with one attached hydrogen (secondary N) is 2. The molecule has 0 aromatic carbocycles. The first kappa shape index (κ1) is 12.4. The van der Waals surface area contributed by atoms with Crippen LogP contribution in [-0.2, 0) is 0 Å². The monoisotopic (exact) mass is 247 g/mol. The number of carbonyl (C=O) groups excluding carboxylic acids is 1. The Morgan fingerprint density at radius 3 is 3.00 bits per heavy atom. The van der Waals surface area contributed by atoms with Gasteiger partial charge >= 0.3 is 6.03 Å². The molecule has 1 saturated carbocycles. The summed E-state index contributed by atoms with van der Waals surface area (Å²) >= 11 is 0. The van der Waals surface area contributed by atoms with Crippen molar-refractivity contribution in [2.45, 2.75) is 31.7 Å². The zero-order valence-corrected chi connectivity index (χ0v) is 10.1. The minimum atomic E-state index is -0.246. The van der Waals surface area contributed by atoms with Crippen LogP contribution in [-0.4, -0.2) is 18.3 Å². The van der Waals surface area contributed by atoms with Crippen molar-refractivity contribution in [2.24, 2.45) is 5.10 Å². The molecule has 1 aromatic rings. The molecule has 1 fully saturated rings. The van der Waals surface area contributed by atoms with E-state index < -0.39 is 0 Å². The minimum Gasteiger partial charge on any atom is -0.465 e. The zero-order chi connectivity index (χ0) is 12.6. The summed E-state index contributed by atoms with van der Waals surface area (Å²) in [6.07, 6.45) is 11.1. The van der Waals surface area contributed by atoms with Gasteiger partial charge in [0, 0.05) is 12.3 Å². The summed E-state index contributed by atoms with van der Waals surface area (Å²) in [4.78, 5) is 11.4. The van der Waals surface area contributed by atoms with Crippen LogP contribution in [0, 0.1) is 0 Å². The molecule has 0 atom stereocenters. The van der Waals surface area contributed by atoms with E-state index in [-0.39, 0.29) is 6.03 Å². The normalized spacial score (nSPS) is 16.7. The van der Waals surface area contributed by atoms with Gasteiger partial charge in [-0.05, 0) is 37.1 Å². The van der Waals surface area contributed by atoms with Gasteiger partial charge in [-0.3, -0.25) is 0 Å². The Morgan fingerprint density at radius 1 is 1.44 bits per heavy atom. The molecule has 0 unspecified atom stereocenters. The molecular formula is C13H17N3O2. The number of amides is 2. The van der Waals surface area contributed by atoms with Crippen molar-refractivity contribution in [3.05, 3.63) is 30.2 Å². The van der Waals surface area contributed by atoms with Crippen LogP contribution in [0.4, 0.5) is 4.79 Å². The maximum Gasteiger partial charge on any atom is 0.335 e. The Morgan fingerprint density at radius 2 is 2.28 bits per heavy atom. The van der Waals surface area contributed by atoms with Crippen LogP contribution < -0.4 is 10.7 Å². The lowest BCUT2D eigenvalue weighted by atomic mass is 10.3. The van der Waals surface area contributed by atoms with Crippen molar-refractivity contribution in [2.75, 3.05) is 0 Å². The van der Waals surface area contributed by atoms with Crippen molar-refractivity contribution in [1.29, 1.82) is 0 Å². The first-order valence-corrected chi connectivity index (χ1v) is 6.14. The Kier molecular flexibility index (Phi) is 4.58. The number of rotatable bonds is 4. The molecule has 5 heteroatoms. The third-order valence-corrected chi connectivity index (χ3v) is 2.82. The highest BCUT2D eigenvalue weighted by Crippen LogP contribution is 2.17. The number of hydrogen-bond acceptors (Lipinski definition) is 3. The van der Waals surface area contributed by atoms with Crippen LogP contribution in [0.3, 0.4) is 0 Å². The third-order valence-electron chi connectivity index (χ3n) is 2.82. The maximum absolute atomic E-state index is 11.4. The summed E-state index contributed by atoms with van der Waals surface area (Å²) in [5, 5.41) is 6.67. The van der Waals surface area contributed by atoms with E-state index >= 15 is 0 Å². The molecule has 0 radical (unpaired) electrons. The molecule has 1 aliphatic rings. The van der Waals surface area contributed by atoms with E-state index in [1.54, 1.807) is 18.4 Å². The summed E-state index contributed by atoms with van der Waals surface area (Å²) < 4.78 is 5.10. The van der Waals surface area contributed by atoms with E-state index in [1.807, 2.05) is 12.1 Å². The Hall–Kier alpha value is -2.04. The predicted octanol–water partition coefficient (Wildman–Crippen LogP) is 2.52. The number of carbonyl (C=O) groups is 1. The first-order valence-electron chi connectivity index (χ1n) is 6.14. The van der Waals surface area contributed by atoms with E-state index in [4.69, 9.17) is 4.42 Å². The largest absolute Gasteiger partial charge is 0.465 e. The van der Waals surface area contributed by atoms with Gasteiger partial charge in [-0.25, -0.2) is 10.2 Å². The van der Waals surface area contributed by atoms with E-state index in [2.05, 4.69) is 15.8 Å². The van der Waals surface area contributed by atoms with Gasteiger partial charge in [-0.1, -0.05) is 12.8 Å². The second-order valence-electron chi connectivity index (χ2n) is 4.22. The molecule has 2 N–H and O–H groups in total. The molecule has 0 aliphatic heterocycles. The van der Waals surface area contributed by atoms with Gasteiger partial charge in [0.15, 0.2) is 0 Å². The summed E-state index contributed by atoms with van der Waals surface area (Å²) in [7, 11) is 0. The smallest absolute Gasteiger partial charge is 0.335 e. The van der Waals surface area contributed by atoms with Gasteiger partial charge in [0.05, 0.1) is 6.26 Å².